The molecule has 0 aliphatic heterocycles. The molecule has 0 heterocycles. The van der Waals surface area contributed by atoms with E-state index in [1.165, 1.54) is 0 Å². The second-order valence-electron chi connectivity index (χ2n) is 4.84. The molecule has 2 nitrogen and oxygen atoms in total. The minimum absolute atomic E-state index is 0.422. The molecular weight excluding hydrogens is 210 g/mol. The van der Waals surface area contributed by atoms with Crippen molar-refractivity contribution in [3.05, 3.63) is 34.9 Å². The number of rotatable bonds is 1. The Hall–Kier alpha value is -0.570. The molecule has 2 rings (SSSR count). The van der Waals surface area contributed by atoms with Crippen LogP contribution in [0.5, 0.6) is 0 Å². The van der Waals surface area contributed by atoms with Crippen LogP contribution in [0.25, 0.3) is 0 Å². The summed E-state index contributed by atoms with van der Waals surface area (Å²) in [6.07, 6.45) is 2.15. The molecule has 0 bridgehead atoms. The van der Waals surface area contributed by atoms with Crippen LogP contribution in [-0.2, 0) is 5.54 Å². The lowest BCUT2D eigenvalue weighted by Gasteiger charge is -2.26. The van der Waals surface area contributed by atoms with Gasteiger partial charge >= 0.3 is 0 Å². The van der Waals surface area contributed by atoms with Gasteiger partial charge in [0.05, 0.1) is 5.60 Å². The summed E-state index contributed by atoms with van der Waals surface area (Å²) in [5.74, 6) is 0. The van der Waals surface area contributed by atoms with Crippen LogP contribution in [0.1, 0.15) is 31.7 Å². The molecule has 0 saturated heterocycles. The lowest BCUT2D eigenvalue weighted by atomic mass is 9.88. The van der Waals surface area contributed by atoms with Crippen LogP contribution in [0.2, 0.25) is 5.02 Å². The molecule has 82 valence electrons. The predicted octanol–water partition coefficient (Wildman–Crippen LogP) is 2.43. The lowest BCUT2D eigenvalue weighted by Crippen LogP contribution is -2.36. The van der Waals surface area contributed by atoms with Crippen molar-refractivity contribution in [2.24, 2.45) is 5.73 Å². The van der Waals surface area contributed by atoms with Crippen LogP contribution in [0.15, 0.2) is 24.3 Å². The summed E-state index contributed by atoms with van der Waals surface area (Å²) in [6, 6.07) is 7.61. The molecule has 1 saturated carbocycles. The Balaban J connectivity index is 2.31. The van der Waals surface area contributed by atoms with E-state index in [2.05, 4.69) is 0 Å². The van der Waals surface area contributed by atoms with Gasteiger partial charge in [0.15, 0.2) is 0 Å². The summed E-state index contributed by atoms with van der Waals surface area (Å²) in [4.78, 5) is 0. The summed E-state index contributed by atoms with van der Waals surface area (Å²) >= 11 is 5.94. The van der Waals surface area contributed by atoms with E-state index in [0.29, 0.717) is 11.4 Å². The van der Waals surface area contributed by atoms with Crippen LogP contribution >= 0.6 is 11.6 Å². The van der Waals surface area contributed by atoms with Crippen molar-refractivity contribution in [2.45, 2.75) is 37.3 Å². The molecule has 1 aliphatic rings. The third-order valence-electron chi connectivity index (χ3n) is 3.21. The van der Waals surface area contributed by atoms with Gasteiger partial charge in [0, 0.05) is 10.6 Å². The van der Waals surface area contributed by atoms with Gasteiger partial charge in [-0.3, -0.25) is 0 Å². The molecule has 2 atom stereocenters. The summed E-state index contributed by atoms with van der Waals surface area (Å²) in [5.41, 5.74) is 6.26. The predicted molar refractivity (Wildman–Crippen MR) is 61.8 cm³/mol. The van der Waals surface area contributed by atoms with Gasteiger partial charge in [0.25, 0.3) is 0 Å². The fourth-order valence-corrected chi connectivity index (χ4v) is 2.58. The number of benzene rings is 1. The Labute approximate surface area is 95.1 Å². The van der Waals surface area contributed by atoms with Gasteiger partial charge in [-0.05, 0) is 43.9 Å². The summed E-state index contributed by atoms with van der Waals surface area (Å²) < 4.78 is 0. The zero-order valence-corrected chi connectivity index (χ0v) is 9.59. The van der Waals surface area contributed by atoms with Gasteiger partial charge in [0.1, 0.15) is 0 Å². The Bertz CT molecular complexity index is 378. The van der Waals surface area contributed by atoms with Crippen LogP contribution in [-0.4, -0.2) is 10.7 Å². The lowest BCUT2D eigenvalue weighted by molar-refractivity contribution is 0.0611. The molecule has 1 aromatic rings. The quantitative estimate of drug-likeness (QED) is 0.771. The molecular formula is C12H16ClNO. The monoisotopic (exact) mass is 225 g/mol. The van der Waals surface area contributed by atoms with E-state index in [-0.39, 0.29) is 0 Å². The van der Waals surface area contributed by atoms with Crippen LogP contribution in [0, 0.1) is 0 Å². The fourth-order valence-electron chi connectivity index (χ4n) is 2.39. The number of aliphatic hydroxyl groups is 1. The van der Waals surface area contributed by atoms with E-state index < -0.39 is 11.1 Å². The molecule has 0 radical (unpaired) electrons. The fraction of sp³-hybridized carbons (Fsp3) is 0.500. The number of hydrogen-bond donors (Lipinski definition) is 2. The van der Waals surface area contributed by atoms with Crippen molar-refractivity contribution in [1.29, 1.82) is 0 Å². The second kappa shape index (κ2) is 3.48. The standard InChI is InChI=1S/C12H16ClNO/c1-11(15)5-6-12(14,8-11)9-3-2-4-10(13)7-9/h2-4,7,15H,5-6,8,14H2,1H3. The maximum Gasteiger partial charge on any atom is 0.0641 e. The first-order chi connectivity index (χ1) is 6.91. The SMILES string of the molecule is CC1(O)CCC(N)(c2cccc(Cl)c2)C1. The Kier molecular flexibility index (Phi) is 2.53. The van der Waals surface area contributed by atoms with Crippen molar-refractivity contribution in [2.75, 3.05) is 0 Å². The number of hydrogen-bond acceptors (Lipinski definition) is 2. The van der Waals surface area contributed by atoms with Gasteiger partial charge < -0.3 is 10.8 Å². The molecule has 0 aromatic heterocycles. The summed E-state index contributed by atoms with van der Waals surface area (Å²) in [7, 11) is 0. The van der Waals surface area contributed by atoms with Gasteiger partial charge in [-0.2, -0.15) is 0 Å². The second-order valence-corrected chi connectivity index (χ2v) is 5.28. The topological polar surface area (TPSA) is 46.2 Å². The molecule has 15 heavy (non-hydrogen) atoms. The van der Waals surface area contributed by atoms with Crippen molar-refractivity contribution in [1.82, 2.24) is 0 Å². The van der Waals surface area contributed by atoms with E-state index in [4.69, 9.17) is 17.3 Å². The number of halogens is 1. The summed E-state index contributed by atoms with van der Waals surface area (Å²) in [6.45, 7) is 1.84. The average molecular weight is 226 g/mol. The first kappa shape index (κ1) is 10.9. The molecule has 3 N–H and O–H groups in total. The Morgan fingerprint density at radius 1 is 1.40 bits per heavy atom. The minimum Gasteiger partial charge on any atom is -0.390 e. The maximum absolute atomic E-state index is 9.95. The summed E-state index contributed by atoms with van der Waals surface area (Å²) in [5, 5.41) is 10.6. The van der Waals surface area contributed by atoms with Gasteiger partial charge in [-0.1, -0.05) is 23.7 Å². The highest BCUT2D eigenvalue weighted by atomic mass is 35.5. The van der Waals surface area contributed by atoms with E-state index in [0.717, 1.165) is 18.4 Å². The minimum atomic E-state index is -0.642. The average Bonchev–Trinajstić information content (AvgIpc) is 2.42. The number of nitrogens with two attached hydrogens (primary N) is 1. The highest BCUT2D eigenvalue weighted by Gasteiger charge is 2.43. The van der Waals surface area contributed by atoms with Gasteiger partial charge in [0.2, 0.25) is 0 Å². The third kappa shape index (κ3) is 2.17. The highest BCUT2D eigenvalue weighted by Crippen LogP contribution is 2.42. The van der Waals surface area contributed by atoms with E-state index in [1.54, 1.807) is 0 Å². The molecule has 1 aliphatic carbocycles. The maximum atomic E-state index is 9.95. The molecule has 0 amide bonds. The van der Waals surface area contributed by atoms with Gasteiger partial charge in [-0.25, -0.2) is 0 Å². The molecule has 2 unspecified atom stereocenters. The smallest absolute Gasteiger partial charge is 0.0641 e. The van der Waals surface area contributed by atoms with Crippen molar-refractivity contribution in [3.63, 3.8) is 0 Å². The molecule has 1 aromatic carbocycles. The van der Waals surface area contributed by atoms with Crippen molar-refractivity contribution >= 4 is 11.6 Å². The first-order valence-corrected chi connectivity index (χ1v) is 5.56. The largest absolute Gasteiger partial charge is 0.390 e. The van der Waals surface area contributed by atoms with Crippen LogP contribution in [0.4, 0.5) is 0 Å². The Morgan fingerprint density at radius 2 is 2.13 bits per heavy atom. The van der Waals surface area contributed by atoms with Crippen LogP contribution < -0.4 is 5.73 Å². The van der Waals surface area contributed by atoms with E-state index >= 15 is 0 Å². The highest BCUT2D eigenvalue weighted by molar-refractivity contribution is 6.30. The van der Waals surface area contributed by atoms with Gasteiger partial charge in [-0.15, -0.1) is 0 Å². The third-order valence-corrected chi connectivity index (χ3v) is 3.44. The molecule has 3 heteroatoms. The van der Waals surface area contributed by atoms with Crippen LogP contribution in [0.3, 0.4) is 0 Å². The van der Waals surface area contributed by atoms with Crippen molar-refractivity contribution < 1.29 is 5.11 Å². The molecule has 0 spiro atoms. The van der Waals surface area contributed by atoms with E-state index in [1.807, 2.05) is 31.2 Å². The normalized spacial score (nSPS) is 35.7. The van der Waals surface area contributed by atoms with Crippen molar-refractivity contribution in [3.8, 4) is 0 Å². The zero-order valence-electron chi connectivity index (χ0n) is 8.83. The van der Waals surface area contributed by atoms with E-state index in [9.17, 15) is 5.11 Å². The zero-order chi connectivity index (χ0) is 11.1. The molecule has 1 fully saturated rings. The Morgan fingerprint density at radius 3 is 2.67 bits per heavy atom. The first-order valence-electron chi connectivity index (χ1n) is 5.19.